The molecule has 0 radical (unpaired) electrons. The molecule has 182 valence electrons. The monoisotopic (exact) mass is 518 g/mol. The Morgan fingerprint density at radius 2 is 1.78 bits per heavy atom. The van der Waals surface area contributed by atoms with E-state index in [4.69, 9.17) is 21.3 Å². The first kappa shape index (κ1) is 24.0. The van der Waals surface area contributed by atoms with Crippen molar-refractivity contribution in [2.45, 2.75) is 26.8 Å². The third kappa shape index (κ3) is 4.14. The third-order valence-electron chi connectivity index (χ3n) is 6.09. The topological polar surface area (TPSA) is 79.7 Å². The molecule has 1 fully saturated rings. The van der Waals surface area contributed by atoms with E-state index in [0.717, 1.165) is 21.3 Å². The summed E-state index contributed by atoms with van der Waals surface area (Å²) in [5, 5.41) is 12.1. The number of carbonyl (C=O) groups excluding carboxylic acids is 2. The fraction of sp³-hybridized carbons (Fsp3) is 0.179. The van der Waals surface area contributed by atoms with Crippen molar-refractivity contribution in [3.8, 4) is 5.75 Å². The van der Waals surface area contributed by atoms with Crippen LogP contribution in [0.4, 0.5) is 5.13 Å². The molecule has 0 saturated carbocycles. The van der Waals surface area contributed by atoms with E-state index in [-0.39, 0.29) is 11.3 Å². The summed E-state index contributed by atoms with van der Waals surface area (Å²) in [6, 6.07) is 16.8. The van der Waals surface area contributed by atoms with Gasteiger partial charge >= 0.3 is 5.91 Å². The van der Waals surface area contributed by atoms with Crippen molar-refractivity contribution in [3.05, 3.63) is 93.5 Å². The van der Waals surface area contributed by atoms with Crippen molar-refractivity contribution in [1.82, 2.24) is 4.98 Å². The van der Waals surface area contributed by atoms with Crippen LogP contribution in [0.15, 0.2) is 66.2 Å². The van der Waals surface area contributed by atoms with Crippen LogP contribution in [-0.2, 0) is 9.59 Å². The van der Waals surface area contributed by atoms with E-state index in [1.54, 1.807) is 48.5 Å². The molecule has 3 aromatic carbocycles. The van der Waals surface area contributed by atoms with Gasteiger partial charge in [-0.3, -0.25) is 14.5 Å². The van der Waals surface area contributed by atoms with Gasteiger partial charge in [0, 0.05) is 10.6 Å². The van der Waals surface area contributed by atoms with Gasteiger partial charge in [0.05, 0.1) is 28.4 Å². The SMILES string of the molecule is CCOc1ccc(C2C(=C(O)c3ccc(Cl)cc3)C(=O)C(=O)N2c2nc3c(C)cc(C)cc3s2)cc1. The van der Waals surface area contributed by atoms with Gasteiger partial charge in [-0.05, 0) is 79.9 Å². The van der Waals surface area contributed by atoms with Crippen LogP contribution in [0.1, 0.15) is 35.2 Å². The van der Waals surface area contributed by atoms with Crippen LogP contribution in [0.3, 0.4) is 0 Å². The summed E-state index contributed by atoms with van der Waals surface area (Å²) >= 11 is 7.36. The number of aryl methyl sites for hydroxylation is 2. The predicted octanol–water partition coefficient (Wildman–Crippen LogP) is 6.59. The van der Waals surface area contributed by atoms with Crippen LogP contribution in [0.5, 0.6) is 5.75 Å². The van der Waals surface area contributed by atoms with Crippen LogP contribution in [0, 0.1) is 13.8 Å². The van der Waals surface area contributed by atoms with Gasteiger partial charge in [0.2, 0.25) is 0 Å². The van der Waals surface area contributed by atoms with E-state index in [0.29, 0.717) is 33.6 Å². The van der Waals surface area contributed by atoms with E-state index in [1.807, 2.05) is 32.9 Å². The quantitative estimate of drug-likeness (QED) is 0.183. The lowest BCUT2D eigenvalue weighted by Crippen LogP contribution is -2.29. The minimum atomic E-state index is -0.863. The summed E-state index contributed by atoms with van der Waals surface area (Å²) in [5.74, 6) is -1.10. The zero-order chi connectivity index (χ0) is 25.6. The number of carbonyl (C=O) groups is 2. The molecule has 1 aliphatic heterocycles. The number of thiazole rings is 1. The normalized spacial score (nSPS) is 17.2. The van der Waals surface area contributed by atoms with Crippen molar-refractivity contribution in [1.29, 1.82) is 0 Å². The maximum Gasteiger partial charge on any atom is 0.301 e. The van der Waals surface area contributed by atoms with Crippen molar-refractivity contribution in [2.24, 2.45) is 0 Å². The fourth-order valence-corrected chi connectivity index (χ4v) is 5.78. The van der Waals surface area contributed by atoms with Gasteiger partial charge in [0.15, 0.2) is 5.13 Å². The number of aliphatic hydroxyl groups is 1. The van der Waals surface area contributed by atoms with Gasteiger partial charge in [-0.25, -0.2) is 4.98 Å². The standard InChI is InChI=1S/C28H23ClN2O4S/c1-4-35-20-11-7-17(8-12-20)24-22(25(32)18-5-9-19(29)10-6-18)26(33)27(34)31(24)28-30-23-16(3)13-15(2)14-21(23)36-28/h5-14,24,32H,4H2,1-3H3. The zero-order valence-corrected chi connectivity index (χ0v) is 21.5. The van der Waals surface area contributed by atoms with Crippen molar-refractivity contribution >= 4 is 55.7 Å². The number of ketones is 1. The molecule has 1 saturated heterocycles. The Morgan fingerprint density at radius 3 is 2.44 bits per heavy atom. The Hall–Kier alpha value is -3.68. The number of amides is 1. The Morgan fingerprint density at radius 1 is 1.08 bits per heavy atom. The highest BCUT2D eigenvalue weighted by atomic mass is 35.5. The number of Topliss-reactive ketones (excluding diaryl/α,β-unsaturated/α-hetero) is 1. The second-order valence-corrected chi connectivity index (χ2v) is 10.0. The molecular formula is C28H23ClN2O4S. The first-order chi connectivity index (χ1) is 17.3. The Labute approximate surface area is 217 Å². The molecule has 6 nitrogen and oxygen atoms in total. The van der Waals surface area contributed by atoms with E-state index in [1.165, 1.54) is 16.2 Å². The summed E-state index contributed by atoms with van der Waals surface area (Å²) in [7, 11) is 0. The molecule has 0 aliphatic carbocycles. The van der Waals surface area contributed by atoms with E-state index < -0.39 is 17.7 Å². The molecule has 2 heterocycles. The maximum atomic E-state index is 13.4. The summed E-state index contributed by atoms with van der Waals surface area (Å²) in [4.78, 5) is 33.0. The van der Waals surface area contributed by atoms with Crippen LogP contribution in [0.25, 0.3) is 16.0 Å². The number of halogens is 1. The molecule has 1 unspecified atom stereocenters. The molecule has 1 amide bonds. The Kier molecular flexibility index (Phi) is 6.28. The molecule has 5 rings (SSSR count). The van der Waals surface area contributed by atoms with E-state index in [9.17, 15) is 14.7 Å². The number of ether oxygens (including phenoxy) is 1. The first-order valence-corrected chi connectivity index (χ1v) is 12.7. The van der Waals surface area contributed by atoms with Crippen LogP contribution >= 0.6 is 22.9 Å². The van der Waals surface area contributed by atoms with Crippen LogP contribution < -0.4 is 9.64 Å². The molecule has 8 heteroatoms. The van der Waals surface area contributed by atoms with Gasteiger partial charge in [-0.1, -0.05) is 41.1 Å². The molecule has 1 aromatic heterocycles. The Bertz CT molecular complexity index is 1520. The lowest BCUT2D eigenvalue weighted by molar-refractivity contribution is -0.132. The predicted molar refractivity (Wildman–Crippen MR) is 143 cm³/mol. The number of hydrogen-bond donors (Lipinski definition) is 1. The first-order valence-electron chi connectivity index (χ1n) is 11.5. The minimum Gasteiger partial charge on any atom is -0.507 e. The molecule has 1 atom stereocenters. The molecule has 0 bridgehead atoms. The number of anilines is 1. The Balaban J connectivity index is 1.71. The molecule has 0 spiro atoms. The van der Waals surface area contributed by atoms with Gasteiger partial charge in [-0.15, -0.1) is 0 Å². The van der Waals surface area contributed by atoms with E-state index in [2.05, 4.69) is 0 Å². The van der Waals surface area contributed by atoms with Crippen molar-refractivity contribution in [3.63, 3.8) is 0 Å². The lowest BCUT2D eigenvalue weighted by Gasteiger charge is -2.23. The largest absolute Gasteiger partial charge is 0.507 e. The van der Waals surface area contributed by atoms with Crippen LogP contribution in [0.2, 0.25) is 5.02 Å². The second kappa shape index (κ2) is 9.41. The summed E-state index contributed by atoms with van der Waals surface area (Å²) in [5.41, 5.74) is 3.90. The smallest absolute Gasteiger partial charge is 0.301 e. The van der Waals surface area contributed by atoms with Crippen molar-refractivity contribution in [2.75, 3.05) is 11.5 Å². The highest BCUT2D eigenvalue weighted by Gasteiger charge is 2.48. The zero-order valence-electron chi connectivity index (χ0n) is 19.9. The van der Waals surface area contributed by atoms with Crippen LogP contribution in [-0.4, -0.2) is 28.4 Å². The number of nitrogens with zero attached hydrogens (tertiary/aromatic N) is 2. The van der Waals surface area contributed by atoms with Gasteiger partial charge in [0.25, 0.3) is 5.78 Å². The van der Waals surface area contributed by atoms with Gasteiger partial charge in [-0.2, -0.15) is 0 Å². The average molecular weight is 519 g/mol. The second-order valence-electron chi connectivity index (χ2n) is 8.60. The lowest BCUT2D eigenvalue weighted by atomic mass is 9.95. The fourth-order valence-electron chi connectivity index (χ4n) is 4.48. The third-order valence-corrected chi connectivity index (χ3v) is 7.35. The minimum absolute atomic E-state index is 0.00126. The molecule has 36 heavy (non-hydrogen) atoms. The number of aliphatic hydroxyl groups excluding tert-OH is 1. The molecule has 4 aromatic rings. The number of benzene rings is 3. The highest BCUT2D eigenvalue weighted by Crippen LogP contribution is 2.45. The van der Waals surface area contributed by atoms with Gasteiger partial charge in [0.1, 0.15) is 11.5 Å². The van der Waals surface area contributed by atoms with E-state index >= 15 is 0 Å². The summed E-state index contributed by atoms with van der Waals surface area (Å²) in [6.45, 7) is 6.38. The number of hydrogen-bond acceptors (Lipinski definition) is 6. The molecule has 1 N–H and O–H groups in total. The number of rotatable bonds is 5. The van der Waals surface area contributed by atoms with Crippen molar-refractivity contribution < 1.29 is 19.4 Å². The van der Waals surface area contributed by atoms with Gasteiger partial charge < -0.3 is 9.84 Å². The maximum absolute atomic E-state index is 13.4. The molecular weight excluding hydrogens is 496 g/mol. The average Bonchev–Trinajstić information content (AvgIpc) is 3.38. The highest BCUT2D eigenvalue weighted by molar-refractivity contribution is 7.22. The number of fused-ring (bicyclic) bond motifs is 1. The summed E-state index contributed by atoms with van der Waals surface area (Å²) in [6.07, 6.45) is 0. The molecule has 1 aliphatic rings. The number of aromatic nitrogens is 1. The summed E-state index contributed by atoms with van der Waals surface area (Å²) < 4.78 is 6.49.